The molecule has 3 rings (SSSR count). The van der Waals surface area contributed by atoms with Crippen LogP contribution in [-0.2, 0) is 9.84 Å². The molecule has 9 heteroatoms. The van der Waals surface area contributed by atoms with Crippen LogP contribution in [0.1, 0.15) is 5.56 Å². The lowest BCUT2D eigenvalue weighted by Crippen LogP contribution is -2.20. The highest BCUT2D eigenvalue weighted by Crippen LogP contribution is 2.30. The first kappa shape index (κ1) is 14.5. The second-order valence-electron chi connectivity index (χ2n) is 5.01. The number of aryl methyl sites for hydroxylation is 1. The molecule has 2 heterocycles. The van der Waals surface area contributed by atoms with Gasteiger partial charge in [-0.05, 0) is 29.5 Å². The Hall–Kier alpha value is -1.45. The molecule has 1 aliphatic heterocycles. The van der Waals surface area contributed by atoms with Gasteiger partial charge in [0.25, 0.3) is 0 Å². The number of benzene rings is 1. The van der Waals surface area contributed by atoms with Crippen LogP contribution in [0.15, 0.2) is 29.4 Å². The van der Waals surface area contributed by atoms with Gasteiger partial charge in [0.05, 0.1) is 28.5 Å². The third-order valence-electron chi connectivity index (χ3n) is 3.25. The first-order chi connectivity index (χ1) is 9.94. The lowest BCUT2D eigenvalue weighted by atomic mass is 10.2. The van der Waals surface area contributed by atoms with E-state index in [9.17, 15) is 13.5 Å². The molecular weight excluding hydrogens is 312 g/mol. The summed E-state index contributed by atoms with van der Waals surface area (Å²) < 4.78 is 24.6. The number of aliphatic hydroxyl groups is 1. The van der Waals surface area contributed by atoms with Crippen molar-refractivity contribution in [2.75, 3.05) is 11.5 Å². The van der Waals surface area contributed by atoms with Gasteiger partial charge in [0.2, 0.25) is 5.16 Å². The molecule has 0 amide bonds. The molecule has 1 aromatic carbocycles. The van der Waals surface area contributed by atoms with Crippen molar-refractivity contribution in [2.24, 2.45) is 0 Å². The minimum atomic E-state index is -3.18. The maximum Gasteiger partial charge on any atom is 0.214 e. The van der Waals surface area contributed by atoms with Crippen LogP contribution in [0.2, 0.25) is 0 Å². The van der Waals surface area contributed by atoms with Crippen LogP contribution in [0, 0.1) is 6.92 Å². The lowest BCUT2D eigenvalue weighted by molar-refractivity contribution is 0.207. The van der Waals surface area contributed by atoms with Crippen LogP contribution in [-0.4, -0.2) is 56.6 Å². The third-order valence-corrected chi connectivity index (χ3v) is 6.42. The molecule has 1 saturated heterocycles. The van der Waals surface area contributed by atoms with E-state index in [1.54, 1.807) is 4.68 Å². The second-order valence-corrected chi connectivity index (χ2v) is 8.37. The highest BCUT2D eigenvalue weighted by molar-refractivity contribution is 8.01. The largest absolute Gasteiger partial charge is 0.391 e. The zero-order chi connectivity index (χ0) is 15.0. The molecule has 21 heavy (non-hydrogen) atoms. The van der Waals surface area contributed by atoms with Gasteiger partial charge in [-0.2, -0.15) is 4.68 Å². The van der Waals surface area contributed by atoms with Crippen molar-refractivity contribution < 1.29 is 13.5 Å². The van der Waals surface area contributed by atoms with Crippen LogP contribution < -0.4 is 0 Å². The molecule has 0 radical (unpaired) electrons. The highest BCUT2D eigenvalue weighted by Gasteiger charge is 2.38. The summed E-state index contributed by atoms with van der Waals surface area (Å²) in [6.07, 6.45) is -0.886. The minimum absolute atomic E-state index is 0.0560. The van der Waals surface area contributed by atoms with Crippen LogP contribution >= 0.6 is 11.8 Å². The Morgan fingerprint density at radius 3 is 2.62 bits per heavy atom. The van der Waals surface area contributed by atoms with Crippen molar-refractivity contribution in [3.05, 3.63) is 29.8 Å². The molecule has 2 atom stereocenters. The van der Waals surface area contributed by atoms with Crippen LogP contribution in [0.5, 0.6) is 0 Å². The zero-order valence-electron chi connectivity index (χ0n) is 11.2. The molecule has 7 nitrogen and oxygen atoms in total. The normalized spacial score (nSPS) is 24.3. The van der Waals surface area contributed by atoms with Crippen LogP contribution in [0.4, 0.5) is 0 Å². The van der Waals surface area contributed by atoms with E-state index in [-0.39, 0.29) is 11.5 Å². The number of thioether (sulfide) groups is 1. The Morgan fingerprint density at radius 2 is 2.00 bits per heavy atom. The fraction of sp³-hybridized carbons (Fsp3) is 0.417. The van der Waals surface area contributed by atoms with Crippen molar-refractivity contribution in [1.29, 1.82) is 0 Å². The second kappa shape index (κ2) is 5.39. The Kier molecular flexibility index (Phi) is 3.72. The lowest BCUT2D eigenvalue weighted by Gasteiger charge is -2.11. The quantitative estimate of drug-likeness (QED) is 0.861. The predicted molar refractivity (Wildman–Crippen MR) is 78.2 cm³/mol. The maximum absolute atomic E-state index is 11.5. The van der Waals surface area contributed by atoms with E-state index < -0.39 is 21.2 Å². The van der Waals surface area contributed by atoms with E-state index >= 15 is 0 Å². The number of aromatic nitrogens is 4. The van der Waals surface area contributed by atoms with Crippen molar-refractivity contribution in [1.82, 2.24) is 20.2 Å². The zero-order valence-corrected chi connectivity index (χ0v) is 12.9. The number of aliphatic hydroxyl groups excluding tert-OH is 1. The molecule has 1 aliphatic rings. The minimum Gasteiger partial charge on any atom is -0.391 e. The van der Waals surface area contributed by atoms with Gasteiger partial charge in [-0.25, -0.2) is 8.42 Å². The van der Waals surface area contributed by atoms with E-state index in [1.807, 2.05) is 31.2 Å². The number of hydrogen-bond acceptors (Lipinski definition) is 7. The molecule has 0 unspecified atom stereocenters. The maximum atomic E-state index is 11.5. The van der Waals surface area contributed by atoms with E-state index in [2.05, 4.69) is 15.5 Å². The van der Waals surface area contributed by atoms with E-state index in [1.165, 1.54) is 11.8 Å². The SMILES string of the molecule is Cc1ccc(-n2nnnc2S[C@@H]2CS(=O)(=O)C[C@@H]2O)cc1. The van der Waals surface area contributed by atoms with Gasteiger partial charge in [0.1, 0.15) is 0 Å². The van der Waals surface area contributed by atoms with E-state index in [4.69, 9.17) is 0 Å². The van der Waals surface area contributed by atoms with Crippen molar-refractivity contribution in [2.45, 2.75) is 23.4 Å². The summed E-state index contributed by atoms with van der Waals surface area (Å²) >= 11 is 1.19. The monoisotopic (exact) mass is 326 g/mol. The van der Waals surface area contributed by atoms with Gasteiger partial charge < -0.3 is 5.11 Å². The number of nitrogens with zero attached hydrogens (tertiary/aromatic N) is 4. The van der Waals surface area contributed by atoms with Crippen molar-refractivity contribution in [3.63, 3.8) is 0 Å². The molecule has 0 bridgehead atoms. The average molecular weight is 326 g/mol. The summed E-state index contributed by atoms with van der Waals surface area (Å²) in [7, 11) is -3.18. The van der Waals surface area contributed by atoms with Gasteiger partial charge in [-0.1, -0.05) is 29.5 Å². The van der Waals surface area contributed by atoms with E-state index in [0.29, 0.717) is 5.16 Å². The van der Waals surface area contributed by atoms with Gasteiger partial charge in [-0.15, -0.1) is 5.10 Å². The number of sulfone groups is 1. The molecule has 1 aromatic heterocycles. The van der Waals surface area contributed by atoms with Crippen LogP contribution in [0.25, 0.3) is 5.69 Å². The fourth-order valence-corrected chi connectivity index (χ4v) is 5.62. The van der Waals surface area contributed by atoms with Crippen molar-refractivity contribution in [3.8, 4) is 5.69 Å². The van der Waals surface area contributed by atoms with Crippen LogP contribution in [0.3, 0.4) is 0 Å². The van der Waals surface area contributed by atoms with Gasteiger partial charge in [0.15, 0.2) is 9.84 Å². The Bertz CT molecular complexity index is 742. The summed E-state index contributed by atoms with van der Waals surface area (Å²) in [5.74, 6) is -0.254. The summed E-state index contributed by atoms with van der Waals surface area (Å²) in [6, 6.07) is 7.66. The highest BCUT2D eigenvalue weighted by atomic mass is 32.2. The van der Waals surface area contributed by atoms with E-state index in [0.717, 1.165) is 11.3 Å². The number of tetrazole rings is 1. The average Bonchev–Trinajstić information content (AvgIpc) is 2.95. The Labute approximate surface area is 126 Å². The van der Waals surface area contributed by atoms with Gasteiger partial charge >= 0.3 is 0 Å². The summed E-state index contributed by atoms with van der Waals surface area (Å²) in [4.78, 5) is 0. The molecule has 0 spiro atoms. The first-order valence-corrected chi connectivity index (χ1v) is 9.05. The van der Waals surface area contributed by atoms with Crippen molar-refractivity contribution >= 4 is 21.6 Å². The predicted octanol–water partition coefficient (Wildman–Crippen LogP) is 0.221. The molecule has 1 N–H and O–H groups in total. The summed E-state index contributed by atoms with van der Waals surface area (Å²) in [5, 5.41) is 21.4. The molecule has 2 aromatic rings. The Morgan fingerprint density at radius 1 is 1.29 bits per heavy atom. The fourth-order valence-electron chi connectivity index (χ4n) is 2.15. The molecule has 0 saturated carbocycles. The summed E-state index contributed by atoms with van der Waals surface area (Å²) in [5.41, 5.74) is 1.92. The van der Waals surface area contributed by atoms with Gasteiger partial charge in [0, 0.05) is 0 Å². The number of hydrogen-bond donors (Lipinski definition) is 1. The Balaban J connectivity index is 1.85. The summed E-state index contributed by atoms with van der Waals surface area (Å²) in [6.45, 7) is 1.98. The molecule has 1 fully saturated rings. The number of rotatable bonds is 3. The van der Waals surface area contributed by atoms with Gasteiger partial charge in [-0.3, -0.25) is 0 Å². The molecular formula is C12H14N4O3S2. The topological polar surface area (TPSA) is 98.0 Å². The molecule has 112 valence electrons. The first-order valence-electron chi connectivity index (χ1n) is 6.35. The smallest absolute Gasteiger partial charge is 0.214 e. The standard InChI is InChI=1S/C12H14N4O3S2/c1-8-2-4-9(5-3-8)16-12(13-14-15-16)20-11-7-21(18,19)6-10(11)17/h2-5,10-11,17H,6-7H2,1H3/t10-,11+/m0/s1. The third kappa shape index (κ3) is 3.09. The molecule has 0 aliphatic carbocycles.